The maximum atomic E-state index is 6.71. The van der Waals surface area contributed by atoms with Crippen LogP contribution >= 0.6 is 0 Å². The van der Waals surface area contributed by atoms with Crippen molar-refractivity contribution in [2.24, 2.45) is 0 Å². The summed E-state index contributed by atoms with van der Waals surface area (Å²) < 4.78 is 13.4. The quantitative estimate of drug-likeness (QED) is 0.125. The summed E-state index contributed by atoms with van der Waals surface area (Å²) >= 11 is 0. The first kappa shape index (κ1) is 32.9. The number of anilines is 6. The molecule has 0 unspecified atom stereocenters. The number of hydrogen-bond donors (Lipinski definition) is 0. The van der Waals surface area contributed by atoms with Gasteiger partial charge in [0.1, 0.15) is 11.2 Å². The molecule has 13 aromatic rings. The zero-order valence-electron chi connectivity index (χ0n) is 32.3. The van der Waals surface area contributed by atoms with Crippen LogP contribution in [0.15, 0.2) is 215 Å². The van der Waals surface area contributed by atoms with Gasteiger partial charge in [-0.3, -0.25) is 0 Å². The molecule has 0 saturated carbocycles. The molecular formula is C56H34N2O2. The highest BCUT2D eigenvalue weighted by atomic mass is 16.3. The third-order valence-electron chi connectivity index (χ3n) is 12.4. The fraction of sp³-hybridized carbons (Fsp3) is 0. The Labute approximate surface area is 344 Å². The number of benzene rings is 11. The maximum absolute atomic E-state index is 6.71. The van der Waals surface area contributed by atoms with E-state index in [2.05, 4.69) is 204 Å². The summed E-state index contributed by atoms with van der Waals surface area (Å²) in [5.41, 5.74) is 9.73. The molecule has 0 saturated heterocycles. The zero-order valence-corrected chi connectivity index (χ0v) is 32.3. The molecule has 0 aliphatic heterocycles. The van der Waals surface area contributed by atoms with E-state index < -0.39 is 0 Å². The molecule has 0 N–H and O–H groups in total. The van der Waals surface area contributed by atoms with Crippen molar-refractivity contribution in [1.82, 2.24) is 0 Å². The Morgan fingerprint density at radius 3 is 1.05 bits per heavy atom. The zero-order chi connectivity index (χ0) is 39.3. The van der Waals surface area contributed by atoms with E-state index in [4.69, 9.17) is 8.83 Å². The van der Waals surface area contributed by atoms with E-state index in [1.54, 1.807) is 0 Å². The lowest BCUT2D eigenvalue weighted by atomic mass is 9.87. The lowest BCUT2D eigenvalue weighted by Gasteiger charge is -2.30. The standard InChI is InChI=1S/C56H34N2O2/c1-3-15-35(16-4-1)57(49-25-13-23-43-39-21-9-11-27-51(39)59-55(43)49)47-33-31-41-37-19-7-8-20-38(37)42-32-34-48(46-30-29-45(47)53(41)54(42)46)58(36-17-5-2-6-18-36)50-26-14-24-44-40-22-10-12-28-52(40)60-56(44)50/h1-34H. The van der Waals surface area contributed by atoms with Crippen LogP contribution in [-0.4, -0.2) is 0 Å². The van der Waals surface area contributed by atoms with Crippen molar-refractivity contribution in [1.29, 1.82) is 0 Å². The second kappa shape index (κ2) is 12.7. The summed E-state index contributed by atoms with van der Waals surface area (Å²) in [5, 5.41) is 14.1. The lowest BCUT2D eigenvalue weighted by Crippen LogP contribution is -2.12. The summed E-state index contributed by atoms with van der Waals surface area (Å²) in [7, 11) is 0. The van der Waals surface area contributed by atoms with Crippen LogP contribution in [0.2, 0.25) is 0 Å². The molecule has 11 aromatic carbocycles. The van der Waals surface area contributed by atoms with Crippen molar-refractivity contribution in [3.05, 3.63) is 206 Å². The SMILES string of the molecule is c1ccc(N(c2ccc3c4ccccc4c4ccc(N(c5ccccc5)c5cccc6c5oc5ccccc56)c5ccc2c3c54)c2cccc3c2oc2ccccc23)cc1. The topological polar surface area (TPSA) is 32.8 Å². The summed E-state index contributed by atoms with van der Waals surface area (Å²) in [5.74, 6) is 0. The van der Waals surface area contributed by atoms with Gasteiger partial charge in [-0.1, -0.05) is 146 Å². The van der Waals surface area contributed by atoms with Crippen LogP contribution in [0.25, 0.3) is 87.0 Å². The first-order valence-electron chi connectivity index (χ1n) is 20.4. The first-order valence-corrected chi connectivity index (χ1v) is 20.4. The van der Waals surface area contributed by atoms with Crippen molar-refractivity contribution < 1.29 is 8.83 Å². The van der Waals surface area contributed by atoms with Gasteiger partial charge in [-0.15, -0.1) is 0 Å². The van der Waals surface area contributed by atoms with Crippen LogP contribution < -0.4 is 9.80 Å². The lowest BCUT2D eigenvalue weighted by molar-refractivity contribution is 0.669. The van der Waals surface area contributed by atoms with Gasteiger partial charge < -0.3 is 18.6 Å². The van der Waals surface area contributed by atoms with Crippen molar-refractivity contribution >= 4 is 121 Å². The van der Waals surface area contributed by atoms with Gasteiger partial charge in [0.15, 0.2) is 11.2 Å². The van der Waals surface area contributed by atoms with E-state index >= 15 is 0 Å². The molecule has 2 heterocycles. The highest BCUT2D eigenvalue weighted by molar-refractivity contribution is 6.37. The molecule has 2 aromatic heterocycles. The van der Waals surface area contributed by atoms with Gasteiger partial charge in [0, 0.05) is 54.5 Å². The second-order valence-electron chi connectivity index (χ2n) is 15.6. The van der Waals surface area contributed by atoms with Gasteiger partial charge in [0.25, 0.3) is 0 Å². The van der Waals surface area contributed by atoms with Crippen molar-refractivity contribution in [2.45, 2.75) is 0 Å². The number of furan rings is 2. The minimum absolute atomic E-state index is 0.860. The van der Waals surface area contributed by atoms with Crippen LogP contribution in [0, 0.1) is 0 Å². The Morgan fingerprint density at radius 2 is 0.600 bits per heavy atom. The molecule has 60 heavy (non-hydrogen) atoms. The maximum Gasteiger partial charge on any atom is 0.159 e. The van der Waals surface area contributed by atoms with Gasteiger partial charge in [0.05, 0.1) is 22.7 Å². The largest absolute Gasteiger partial charge is 0.454 e. The van der Waals surface area contributed by atoms with E-state index in [0.717, 1.165) is 88.8 Å². The van der Waals surface area contributed by atoms with E-state index in [-0.39, 0.29) is 0 Å². The van der Waals surface area contributed by atoms with E-state index in [0.29, 0.717) is 0 Å². The number of rotatable bonds is 6. The molecular weight excluding hydrogens is 733 g/mol. The first-order chi connectivity index (χ1) is 29.8. The van der Waals surface area contributed by atoms with Crippen molar-refractivity contribution in [2.75, 3.05) is 9.80 Å². The van der Waals surface area contributed by atoms with Crippen LogP contribution in [0.5, 0.6) is 0 Å². The molecule has 4 nitrogen and oxygen atoms in total. The molecule has 0 fully saturated rings. The fourth-order valence-electron chi connectivity index (χ4n) is 9.84. The predicted molar refractivity (Wildman–Crippen MR) is 252 cm³/mol. The van der Waals surface area contributed by atoms with Gasteiger partial charge in [-0.25, -0.2) is 0 Å². The number of fused-ring (bicyclic) bond motifs is 9. The molecule has 13 rings (SSSR count). The van der Waals surface area contributed by atoms with Gasteiger partial charge in [0.2, 0.25) is 0 Å². The van der Waals surface area contributed by atoms with Crippen LogP contribution in [-0.2, 0) is 0 Å². The molecule has 0 aliphatic rings. The van der Waals surface area contributed by atoms with Gasteiger partial charge in [-0.05, 0) is 82.2 Å². The van der Waals surface area contributed by atoms with E-state index in [1.165, 1.54) is 32.3 Å². The monoisotopic (exact) mass is 766 g/mol. The molecule has 0 amide bonds. The molecule has 0 radical (unpaired) electrons. The number of hydrogen-bond acceptors (Lipinski definition) is 4. The molecule has 0 spiro atoms. The van der Waals surface area contributed by atoms with Crippen molar-refractivity contribution in [3.8, 4) is 0 Å². The third kappa shape index (κ3) is 4.67. The Morgan fingerprint density at radius 1 is 0.233 bits per heavy atom. The fourth-order valence-corrected chi connectivity index (χ4v) is 9.84. The van der Waals surface area contributed by atoms with Crippen LogP contribution in [0.3, 0.4) is 0 Å². The summed E-state index contributed by atoms with van der Waals surface area (Å²) in [6.45, 7) is 0. The van der Waals surface area contributed by atoms with Crippen molar-refractivity contribution in [3.63, 3.8) is 0 Å². The van der Waals surface area contributed by atoms with Gasteiger partial charge >= 0.3 is 0 Å². The minimum Gasteiger partial charge on any atom is -0.454 e. The Balaban J connectivity index is 1.13. The summed E-state index contributed by atoms with van der Waals surface area (Å²) in [6, 6.07) is 73.7. The summed E-state index contributed by atoms with van der Waals surface area (Å²) in [4.78, 5) is 4.75. The molecule has 0 bridgehead atoms. The minimum atomic E-state index is 0.860. The Kier molecular flexibility index (Phi) is 6.98. The van der Waals surface area contributed by atoms with Crippen LogP contribution in [0.4, 0.5) is 34.1 Å². The third-order valence-corrected chi connectivity index (χ3v) is 12.4. The normalized spacial score (nSPS) is 12.0. The van der Waals surface area contributed by atoms with Crippen LogP contribution in [0.1, 0.15) is 0 Å². The average Bonchev–Trinajstić information content (AvgIpc) is 3.90. The average molecular weight is 767 g/mol. The predicted octanol–water partition coefficient (Wildman–Crippen LogP) is 16.5. The Bertz CT molecular complexity index is 3540. The number of para-hydroxylation sites is 6. The summed E-state index contributed by atoms with van der Waals surface area (Å²) in [6.07, 6.45) is 0. The van der Waals surface area contributed by atoms with Gasteiger partial charge in [-0.2, -0.15) is 0 Å². The smallest absolute Gasteiger partial charge is 0.159 e. The highest BCUT2D eigenvalue weighted by Crippen LogP contribution is 2.52. The second-order valence-corrected chi connectivity index (χ2v) is 15.6. The van der Waals surface area contributed by atoms with E-state index in [1.807, 2.05) is 12.1 Å². The molecule has 280 valence electrons. The number of nitrogens with zero attached hydrogens (tertiary/aromatic N) is 2. The highest BCUT2D eigenvalue weighted by Gasteiger charge is 2.26. The Hall–Kier alpha value is -8.08. The molecule has 0 aliphatic carbocycles. The molecule has 4 heteroatoms. The molecule has 0 atom stereocenters. The van der Waals surface area contributed by atoms with E-state index in [9.17, 15) is 0 Å².